The van der Waals surface area contributed by atoms with E-state index in [1.165, 1.54) is 49.7 Å². The molecule has 2 aromatic carbocycles. The normalized spacial score (nSPS) is 36.1. The average molecular weight is 513 g/mol. The molecule has 2 amide bonds. The number of hydrogen-bond donors (Lipinski definition) is 2. The maximum atomic E-state index is 13.5. The molecule has 3 aliphatic carbocycles. The minimum Gasteiger partial charge on any atom is -0.355 e. The summed E-state index contributed by atoms with van der Waals surface area (Å²) in [6.07, 6.45) is 10.5. The van der Waals surface area contributed by atoms with Crippen LogP contribution < -0.4 is 10.6 Å². The van der Waals surface area contributed by atoms with Gasteiger partial charge in [-0.05, 0) is 91.1 Å². The van der Waals surface area contributed by atoms with Crippen molar-refractivity contribution in [2.75, 3.05) is 6.54 Å². The highest BCUT2D eigenvalue weighted by atomic mass is 16.2. The number of hydrogen-bond acceptors (Lipinski definition) is 2. The van der Waals surface area contributed by atoms with Gasteiger partial charge in [-0.2, -0.15) is 0 Å². The van der Waals surface area contributed by atoms with Gasteiger partial charge in [0.1, 0.15) is 5.92 Å². The molecule has 4 heteroatoms. The van der Waals surface area contributed by atoms with Gasteiger partial charge in [0.2, 0.25) is 11.8 Å². The summed E-state index contributed by atoms with van der Waals surface area (Å²) in [6, 6.07) is 21.2. The van der Waals surface area contributed by atoms with Crippen molar-refractivity contribution in [3.8, 4) is 0 Å². The van der Waals surface area contributed by atoms with E-state index < -0.39 is 5.92 Å². The SMILES string of the molecule is C[C@@]12CCC[C@H]1[C@@H]1CCC3NC(=O)C(C(=O)NCCC(c4ccccc4)c4ccccc4)C[C@]3(C)[C@@H]1CC2. The Labute approximate surface area is 228 Å². The van der Waals surface area contributed by atoms with Crippen LogP contribution in [0.4, 0.5) is 0 Å². The highest BCUT2D eigenvalue weighted by Crippen LogP contribution is 2.64. The topological polar surface area (TPSA) is 58.2 Å². The van der Waals surface area contributed by atoms with Crippen molar-refractivity contribution in [2.45, 2.75) is 83.6 Å². The van der Waals surface area contributed by atoms with Crippen molar-refractivity contribution >= 4 is 11.8 Å². The lowest BCUT2D eigenvalue weighted by molar-refractivity contribution is -0.150. The van der Waals surface area contributed by atoms with Crippen LogP contribution in [0.5, 0.6) is 0 Å². The van der Waals surface area contributed by atoms with Crippen molar-refractivity contribution in [1.82, 2.24) is 10.6 Å². The molecule has 2 unspecified atom stereocenters. The summed E-state index contributed by atoms with van der Waals surface area (Å²) in [5.74, 6) is 1.68. The van der Waals surface area contributed by atoms with Crippen molar-refractivity contribution in [1.29, 1.82) is 0 Å². The maximum absolute atomic E-state index is 13.5. The Morgan fingerprint density at radius 1 is 0.921 bits per heavy atom. The molecule has 1 saturated heterocycles. The number of carbonyl (C=O) groups excluding carboxylic acids is 2. The minimum atomic E-state index is -0.584. The van der Waals surface area contributed by atoms with E-state index in [4.69, 9.17) is 0 Å². The summed E-state index contributed by atoms with van der Waals surface area (Å²) < 4.78 is 0. The van der Waals surface area contributed by atoms with E-state index in [-0.39, 0.29) is 29.2 Å². The van der Waals surface area contributed by atoms with Gasteiger partial charge in [0.05, 0.1) is 0 Å². The van der Waals surface area contributed by atoms with Crippen LogP contribution in [0.15, 0.2) is 60.7 Å². The van der Waals surface area contributed by atoms with Gasteiger partial charge in [-0.25, -0.2) is 0 Å². The molecule has 7 atom stereocenters. The van der Waals surface area contributed by atoms with Crippen LogP contribution in [0.1, 0.15) is 88.7 Å². The lowest BCUT2D eigenvalue weighted by Crippen LogP contribution is -2.64. The molecule has 4 nitrogen and oxygen atoms in total. The second-order valence-corrected chi connectivity index (χ2v) is 13.3. The van der Waals surface area contributed by atoms with E-state index in [2.05, 4.69) is 73.0 Å². The number of rotatable bonds is 6. The van der Waals surface area contributed by atoms with E-state index in [9.17, 15) is 9.59 Å². The summed E-state index contributed by atoms with van der Waals surface area (Å²) in [4.78, 5) is 26.7. The highest BCUT2D eigenvalue weighted by molar-refractivity contribution is 6.01. The summed E-state index contributed by atoms with van der Waals surface area (Å²) in [7, 11) is 0. The fourth-order valence-corrected chi connectivity index (χ4v) is 9.36. The Kier molecular flexibility index (Phi) is 6.86. The van der Waals surface area contributed by atoms with Crippen LogP contribution in [-0.2, 0) is 9.59 Å². The molecule has 0 aromatic heterocycles. The van der Waals surface area contributed by atoms with Gasteiger partial charge in [-0.15, -0.1) is 0 Å². The summed E-state index contributed by atoms with van der Waals surface area (Å²) >= 11 is 0. The fraction of sp³-hybridized carbons (Fsp3) is 0.588. The third-order valence-corrected chi connectivity index (χ3v) is 11.4. The molecule has 0 spiro atoms. The number of carbonyl (C=O) groups is 2. The van der Waals surface area contributed by atoms with Crippen LogP contribution in [0, 0.1) is 34.5 Å². The largest absolute Gasteiger partial charge is 0.355 e. The smallest absolute Gasteiger partial charge is 0.232 e. The molecule has 1 heterocycles. The Morgan fingerprint density at radius 3 is 2.29 bits per heavy atom. The van der Waals surface area contributed by atoms with Crippen LogP contribution in [0.3, 0.4) is 0 Å². The van der Waals surface area contributed by atoms with Gasteiger partial charge in [0, 0.05) is 18.5 Å². The zero-order valence-electron chi connectivity index (χ0n) is 23.1. The predicted molar refractivity (Wildman–Crippen MR) is 151 cm³/mol. The van der Waals surface area contributed by atoms with Gasteiger partial charge in [-0.3, -0.25) is 9.59 Å². The van der Waals surface area contributed by atoms with Crippen LogP contribution in [-0.4, -0.2) is 24.4 Å². The van der Waals surface area contributed by atoms with Crippen LogP contribution in [0.25, 0.3) is 0 Å². The highest BCUT2D eigenvalue weighted by Gasteiger charge is 2.59. The molecule has 202 valence electrons. The monoisotopic (exact) mass is 512 g/mol. The van der Waals surface area contributed by atoms with E-state index >= 15 is 0 Å². The Morgan fingerprint density at radius 2 is 1.61 bits per heavy atom. The molecule has 0 bridgehead atoms. The first-order chi connectivity index (χ1) is 18.4. The standard InChI is InChI=1S/C34H44N2O2/c1-33-19-9-14-28(33)26-15-16-30-34(2,29(26)17-20-33)22-27(32(38)36-30)31(37)35-21-18-25(23-10-5-3-6-11-23)24-12-7-4-8-13-24/h3-8,10-13,25-30H,9,14-22H2,1-2H3,(H,35,37)(H,36,38)/t26-,27?,28-,29+,30?,33-,34+/m0/s1. The second kappa shape index (κ2) is 10.2. The lowest BCUT2D eigenvalue weighted by atomic mass is 9.47. The third-order valence-electron chi connectivity index (χ3n) is 11.4. The predicted octanol–water partition coefficient (Wildman–Crippen LogP) is 6.46. The van der Waals surface area contributed by atoms with Crippen molar-refractivity contribution in [3.63, 3.8) is 0 Å². The summed E-state index contributed by atoms with van der Waals surface area (Å²) in [5.41, 5.74) is 3.04. The summed E-state index contributed by atoms with van der Waals surface area (Å²) in [5, 5.41) is 6.52. The zero-order valence-corrected chi connectivity index (χ0v) is 23.1. The zero-order chi connectivity index (χ0) is 26.3. The van der Waals surface area contributed by atoms with Gasteiger partial charge in [0.15, 0.2) is 0 Å². The minimum absolute atomic E-state index is 0.0133. The van der Waals surface area contributed by atoms with Crippen molar-refractivity contribution in [3.05, 3.63) is 71.8 Å². The van der Waals surface area contributed by atoms with E-state index in [1.807, 2.05) is 12.1 Å². The molecule has 6 rings (SSSR count). The molecule has 2 aromatic rings. The van der Waals surface area contributed by atoms with Gasteiger partial charge in [-0.1, -0.05) is 80.9 Å². The molecule has 2 N–H and O–H groups in total. The molecule has 38 heavy (non-hydrogen) atoms. The van der Waals surface area contributed by atoms with E-state index in [0.29, 0.717) is 24.3 Å². The number of piperidine rings is 1. The Balaban J connectivity index is 1.14. The van der Waals surface area contributed by atoms with Crippen molar-refractivity contribution in [2.24, 2.45) is 34.5 Å². The van der Waals surface area contributed by atoms with Gasteiger partial charge < -0.3 is 10.6 Å². The maximum Gasteiger partial charge on any atom is 0.232 e. The molecule has 4 aliphatic rings. The molecule has 4 fully saturated rings. The van der Waals surface area contributed by atoms with Gasteiger partial charge in [0.25, 0.3) is 0 Å². The first-order valence-corrected chi connectivity index (χ1v) is 15.1. The number of amides is 2. The number of nitrogens with one attached hydrogen (secondary N) is 2. The first-order valence-electron chi connectivity index (χ1n) is 15.1. The van der Waals surface area contributed by atoms with Crippen LogP contribution >= 0.6 is 0 Å². The summed E-state index contributed by atoms with van der Waals surface area (Å²) in [6.45, 7) is 5.49. The third kappa shape index (κ3) is 4.48. The Bertz CT molecular complexity index is 1110. The second-order valence-electron chi connectivity index (χ2n) is 13.3. The number of fused-ring (bicyclic) bond motifs is 5. The van der Waals surface area contributed by atoms with Crippen LogP contribution in [0.2, 0.25) is 0 Å². The molecule has 3 saturated carbocycles. The molecule has 0 radical (unpaired) electrons. The lowest BCUT2D eigenvalue weighted by Gasteiger charge is -2.60. The average Bonchev–Trinajstić information content (AvgIpc) is 3.34. The molecular formula is C34H44N2O2. The quantitative estimate of drug-likeness (QED) is 0.436. The fourth-order valence-electron chi connectivity index (χ4n) is 9.36. The number of benzene rings is 2. The van der Waals surface area contributed by atoms with E-state index in [0.717, 1.165) is 24.7 Å². The van der Waals surface area contributed by atoms with Crippen molar-refractivity contribution < 1.29 is 9.59 Å². The van der Waals surface area contributed by atoms with E-state index in [1.54, 1.807) is 0 Å². The molecular weight excluding hydrogens is 468 g/mol. The van der Waals surface area contributed by atoms with Gasteiger partial charge >= 0.3 is 0 Å². The first kappa shape index (κ1) is 25.6. The molecule has 1 aliphatic heterocycles. The Hall–Kier alpha value is -2.62.